The highest BCUT2D eigenvalue weighted by Crippen LogP contribution is 2.37. The molecule has 0 amide bonds. The maximum Gasteiger partial charge on any atom is 0.475 e. The number of hydrogen-bond donors (Lipinski definition) is 1. The molecular weight excluding hydrogens is 189 g/mol. The van der Waals surface area contributed by atoms with Gasteiger partial charge in [0, 0.05) is 5.94 Å². The molecule has 15 heavy (non-hydrogen) atoms. The Hall–Kier alpha value is -0.0551. The topological polar surface area (TPSA) is 44.5 Å². The highest BCUT2D eigenvalue weighted by Gasteiger charge is 2.52. The Balaban J connectivity index is 2.62. The minimum atomic E-state index is -0.272. The second-order valence-corrected chi connectivity index (χ2v) is 5.92. The Morgan fingerprint density at radius 3 is 1.80 bits per heavy atom. The van der Waals surface area contributed by atoms with Crippen molar-refractivity contribution in [3.63, 3.8) is 0 Å². The van der Waals surface area contributed by atoms with E-state index < -0.39 is 0 Å². The lowest BCUT2D eigenvalue weighted by Gasteiger charge is -2.32. The van der Waals surface area contributed by atoms with Crippen LogP contribution in [0.3, 0.4) is 0 Å². The number of hydrogen-bond acceptors (Lipinski definition) is 3. The van der Waals surface area contributed by atoms with E-state index in [1.807, 2.05) is 0 Å². The van der Waals surface area contributed by atoms with Crippen molar-refractivity contribution >= 4 is 7.12 Å². The van der Waals surface area contributed by atoms with Crippen molar-refractivity contribution in [1.82, 2.24) is 0 Å². The average Bonchev–Trinajstić information content (AvgIpc) is 2.20. The molecule has 4 heteroatoms. The van der Waals surface area contributed by atoms with Crippen LogP contribution in [-0.2, 0) is 9.31 Å². The molecule has 1 heterocycles. The molecule has 1 aliphatic heterocycles. The van der Waals surface area contributed by atoms with E-state index in [1.165, 1.54) is 0 Å². The molecule has 0 radical (unpaired) electrons. The first-order valence-corrected chi connectivity index (χ1v) is 5.77. The third-order valence-corrected chi connectivity index (χ3v) is 3.36. The summed E-state index contributed by atoms with van der Waals surface area (Å²) in [6.45, 7) is 12.5. The van der Waals surface area contributed by atoms with Crippen LogP contribution < -0.4 is 5.73 Å². The summed E-state index contributed by atoms with van der Waals surface area (Å²) >= 11 is 0. The van der Waals surface area contributed by atoms with Crippen LogP contribution in [0.2, 0.25) is 0 Å². The van der Waals surface area contributed by atoms with Gasteiger partial charge in [-0.2, -0.15) is 0 Å². The molecule has 88 valence electrons. The Kier molecular flexibility index (Phi) is 3.54. The van der Waals surface area contributed by atoms with Crippen LogP contribution >= 0.6 is 0 Å². The monoisotopic (exact) mass is 213 g/mol. The molecule has 0 spiro atoms. The van der Waals surface area contributed by atoms with Gasteiger partial charge in [0.25, 0.3) is 0 Å². The summed E-state index contributed by atoms with van der Waals surface area (Å²) in [4.78, 5) is 0. The van der Waals surface area contributed by atoms with Gasteiger partial charge < -0.3 is 15.0 Å². The summed E-state index contributed by atoms with van der Waals surface area (Å²) in [7, 11) is -0.266. The van der Waals surface area contributed by atoms with Crippen molar-refractivity contribution in [3.8, 4) is 0 Å². The highest BCUT2D eigenvalue weighted by molar-refractivity contribution is 6.47. The first-order chi connectivity index (χ1) is 6.66. The zero-order valence-corrected chi connectivity index (χ0v) is 10.8. The minimum absolute atomic E-state index is 0.0361. The smallest absolute Gasteiger partial charge is 0.402 e. The van der Waals surface area contributed by atoms with Gasteiger partial charge in [-0.25, -0.2) is 0 Å². The van der Waals surface area contributed by atoms with Gasteiger partial charge in [0.05, 0.1) is 11.2 Å². The fourth-order valence-corrected chi connectivity index (χ4v) is 1.72. The molecule has 0 bridgehead atoms. The maximum absolute atomic E-state index is 6.07. The van der Waals surface area contributed by atoms with Gasteiger partial charge in [-0.05, 0) is 40.0 Å². The normalized spacial score (nSPS) is 26.0. The summed E-state index contributed by atoms with van der Waals surface area (Å²) in [5.41, 5.74) is 5.53. The molecule has 0 saturated carbocycles. The average molecular weight is 213 g/mol. The molecule has 1 fully saturated rings. The quantitative estimate of drug-likeness (QED) is 0.729. The molecule has 1 saturated heterocycles. The fourth-order valence-electron chi connectivity index (χ4n) is 1.72. The van der Waals surface area contributed by atoms with Crippen LogP contribution in [0.5, 0.6) is 0 Å². The van der Waals surface area contributed by atoms with E-state index in [4.69, 9.17) is 15.0 Å². The molecule has 1 rings (SSSR count). The van der Waals surface area contributed by atoms with Gasteiger partial charge in [-0.15, -0.1) is 0 Å². The summed E-state index contributed by atoms with van der Waals surface area (Å²) in [6, 6.07) is 0. The van der Waals surface area contributed by atoms with Crippen LogP contribution in [0.1, 0.15) is 48.0 Å². The van der Waals surface area contributed by atoms with Crippen LogP contribution in [-0.4, -0.2) is 24.3 Å². The summed E-state index contributed by atoms with van der Waals surface area (Å²) in [6.07, 6.45) is 0.927. The lowest BCUT2D eigenvalue weighted by atomic mass is 9.75. The molecule has 1 unspecified atom stereocenters. The van der Waals surface area contributed by atoms with Gasteiger partial charge in [0.15, 0.2) is 0 Å². The first-order valence-electron chi connectivity index (χ1n) is 5.77. The molecule has 3 nitrogen and oxygen atoms in total. The van der Waals surface area contributed by atoms with E-state index in [2.05, 4.69) is 41.5 Å². The molecule has 1 aliphatic rings. The molecule has 0 aromatic rings. The third kappa shape index (κ3) is 2.74. The maximum atomic E-state index is 6.07. The molecule has 0 aliphatic carbocycles. The summed E-state index contributed by atoms with van der Waals surface area (Å²) < 4.78 is 11.8. The van der Waals surface area contributed by atoms with Crippen molar-refractivity contribution in [2.75, 3.05) is 0 Å². The first kappa shape index (κ1) is 13.0. The van der Waals surface area contributed by atoms with Crippen molar-refractivity contribution in [1.29, 1.82) is 0 Å². The second-order valence-electron chi connectivity index (χ2n) is 5.92. The highest BCUT2D eigenvalue weighted by atomic mass is 16.7. The minimum Gasteiger partial charge on any atom is -0.402 e. The molecule has 2 N–H and O–H groups in total. The lowest BCUT2D eigenvalue weighted by Crippen LogP contribution is -2.42. The molecular formula is C11H24BNO2. The standard InChI is InChI=1S/C11H24BNO2/c1-8(2)7-9(13)12-14-10(3,4)11(5,6)15-12/h8-9H,7,13H2,1-6H3. The van der Waals surface area contributed by atoms with Crippen LogP contribution in [0.4, 0.5) is 0 Å². The van der Waals surface area contributed by atoms with Crippen molar-refractivity contribution in [2.45, 2.75) is 65.1 Å². The zero-order valence-electron chi connectivity index (χ0n) is 10.8. The van der Waals surface area contributed by atoms with Gasteiger partial charge in [0.2, 0.25) is 0 Å². The lowest BCUT2D eigenvalue weighted by molar-refractivity contribution is 0.00578. The Labute approximate surface area is 93.8 Å². The van der Waals surface area contributed by atoms with Crippen LogP contribution in [0.15, 0.2) is 0 Å². The Bertz CT molecular complexity index is 213. The Morgan fingerprint density at radius 2 is 1.47 bits per heavy atom. The van der Waals surface area contributed by atoms with Crippen molar-refractivity contribution in [3.05, 3.63) is 0 Å². The Morgan fingerprint density at radius 1 is 1.07 bits per heavy atom. The predicted octanol–water partition coefficient (Wildman–Crippen LogP) is 1.99. The predicted molar refractivity (Wildman–Crippen MR) is 63.5 cm³/mol. The molecule has 0 aromatic carbocycles. The van der Waals surface area contributed by atoms with E-state index in [0.717, 1.165) is 6.42 Å². The van der Waals surface area contributed by atoms with Gasteiger partial charge in [-0.1, -0.05) is 13.8 Å². The van der Waals surface area contributed by atoms with Gasteiger partial charge >= 0.3 is 7.12 Å². The number of nitrogens with two attached hydrogens (primary N) is 1. The van der Waals surface area contributed by atoms with E-state index in [0.29, 0.717) is 5.92 Å². The largest absolute Gasteiger partial charge is 0.475 e. The zero-order chi connectivity index (χ0) is 11.9. The molecule has 1 atom stereocenters. The number of rotatable bonds is 3. The van der Waals surface area contributed by atoms with E-state index in [9.17, 15) is 0 Å². The van der Waals surface area contributed by atoms with E-state index in [1.54, 1.807) is 0 Å². The second kappa shape index (κ2) is 4.08. The van der Waals surface area contributed by atoms with E-state index >= 15 is 0 Å². The summed E-state index contributed by atoms with van der Waals surface area (Å²) in [5, 5.41) is 0. The third-order valence-electron chi connectivity index (χ3n) is 3.36. The van der Waals surface area contributed by atoms with Crippen molar-refractivity contribution in [2.24, 2.45) is 11.7 Å². The summed E-state index contributed by atoms with van der Waals surface area (Å²) in [5.74, 6) is 0.532. The van der Waals surface area contributed by atoms with Gasteiger partial charge in [-0.3, -0.25) is 0 Å². The van der Waals surface area contributed by atoms with Crippen LogP contribution in [0, 0.1) is 5.92 Å². The van der Waals surface area contributed by atoms with E-state index in [-0.39, 0.29) is 24.3 Å². The molecule has 0 aromatic heterocycles. The SMILES string of the molecule is CC(C)CC(N)B1OC(C)(C)C(C)(C)O1. The van der Waals surface area contributed by atoms with Crippen molar-refractivity contribution < 1.29 is 9.31 Å². The fraction of sp³-hybridized carbons (Fsp3) is 1.00. The van der Waals surface area contributed by atoms with Crippen LogP contribution in [0.25, 0.3) is 0 Å². The van der Waals surface area contributed by atoms with Gasteiger partial charge in [0.1, 0.15) is 0 Å².